The Labute approximate surface area is 118 Å². The first-order valence-corrected chi connectivity index (χ1v) is 7.15. The van der Waals surface area contributed by atoms with Gasteiger partial charge in [-0.05, 0) is 31.0 Å². The maximum absolute atomic E-state index is 12.2. The van der Waals surface area contributed by atoms with Gasteiger partial charge in [-0.2, -0.15) is 0 Å². The van der Waals surface area contributed by atoms with Gasteiger partial charge in [-0.3, -0.25) is 14.6 Å². The Morgan fingerprint density at radius 2 is 1.80 bits per heavy atom. The standard InChI is InChI=1S/C15H20N2O3/c18-13-4-1-11(9-14(13)19)15(20)10-16-5-7-17(8-6-16)12-2-3-12/h1,4,9,12,18-19H,2-3,5-8,10H2. The van der Waals surface area contributed by atoms with Crippen molar-refractivity contribution < 1.29 is 15.0 Å². The fourth-order valence-electron chi connectivity index (χ4n) is 2.72. The van der Waals surface area contributed by atoms with Crippen molar-refractivity contribution in [3.8, 4) is 11.5 Å². The van der Waals surface area contributed by atoms with Crippen LogP contribution in [0.5, 0.6) is 11.5 Å². The van der Waals surface area contributed by atoms with Crippen LogP contribution in [0.15, 0.2) is 18.2 Å². The largest absolute Gasteiger partial charge is 0.504 e. The third-order valence-corrected chi connectivity index (χ3v) is 4.13. The molecule has 5 heteroatoms. The molecule has 3 rings (SSSR count). The third kappa shape index (κ3) is 2.94. The molecule has 1 aliphatic carbocycles. The summed E-state index contributed by atoms with van der Waals surface area (Å²) >= 11 is 0. The summed E-state index contributed by atoms with van der Waals surface area (Å²) in [5.41, 5.74) is 0.449. The molecule has 0 atom stereocenters. The van der Waals surface area contributed by atoms with Crippen LogP contribution in [0.3, 0.4) is 0 Å². The molecule has 1 heterocycles. The van der Waals surface area contributed by atoms with Gasteiger partial charge in [0.25, 0.3) is 0 Å². The number of ketones is 1. The lowest BCUT2D eigenvalue weighted by atomic mass is 10.1. The second-order valence-electron chi connectivity index (χ2n) is 5.67. The zero-order valence-electron chi connectivity index (χ0n) is 11.5. The van der Waals surface area contributed by atoms with Crippen LogP contribution in [-0.4, -0.2) is 64.6 Å². The number of carbonyl (C=O) groups excluding carboxylic acids is 1. The number of phenols is 2. The molecular formula is C15H20N2O3. The number of carbonyl (C=O) groups is 1. The number of benzene rings is 1. The maximum Gasteiger partial charge on any atom is 0.176 e. The van der Waals surface area contributed by atoms with E-state index in [1.54, 1.807) is 6.07 Å². The zero-order chi connectivity index (χ0) is 14.1. The quantitative estimate of drug-likeness (QED) is 0.636. The molecule has 2 N–H and O–H groups in total. The van der Waals surface area contributed by atoms with E-state index in [0.29, 0.717) is 12.1 Å². The van der Waals surface area contributed by atoms with Crippen molar-refractivity contribution in [2.24, 2.45) is 0 Å². The van der Waals surface area contributed by atoms with Crippen LogP contribution < -0.4 is 0 Å². The van der Waals surface area contributed by atoms with E-state index in [0.717, 1.165) is 32.2 Å². The van der Waals surface area contributed by atoms with E-state index in [2.05, 4.69) is 9.80 Å². The lowest BCUT2D eigenvalue weighted by Gasteiger charge is -2.34. The molecule has 20 heavy (non-hydrogen) atoms. The third-order valence-electron chi connectivity index (χ3n) is 4.13. The first-order chi connectivity index (χ1) is 9.63. The predicted octanol–water partition coefficient (Wildman–Crippen LogP) is 1.06. The van der Waals surface area contributed by atoms with Crippen LogP contribution in [-0.2, 0) is 0 Å². The molecule has 0 amide bonds. The zero-order valence-corrected chi connectivity index (χ0v) is 11.5. The molecule has 0 spiro atoms. The van der Waals surface area contributed by atoms with Crippen LogP contribution in [0.4, 0.5) is 0 Å². The molecular weight excluding hydrogens is 256 g/mol. The lowest BCUT2D eigenvalue weighted by molar-refractivity contribution is 0.0843. The van der Waals surface area contributed by atoms with Gasteiger partial charge >= 0.3 is 0 Å². The van der Waals surface area contributed by atoms with Gasteiger partial charge in [-0.1, -0.05) is 0 Å². The summed E-state index contributed by atoms with van der Waals surface area (Å²) in [4.78, 5) is 16.8. The molecule has 5 nitrogen and oxygen atoms in total. The van der Waals surface area contributed by atoms with Gasteiger partial charge < -0.3 is 10.2 Å². The van der Waals surface area contributed by atoms with Crippen LogP contribution in [0.25, 0.3) is 0 Å². The summed E-state index contributed by atoms with van der Waals surface area (Å²) in [5.74, 6) is -0.450. The minimum atomic E-state index is -0.241. The summed E-state index contributed by atoms with van der Waals surface area (Å²) in [7, 11) is 0. The Morgan fingerprint density at radius 1 is 1.10 bits per heavy atom. The molecule has 1 aromatic rings. The molecule has 0 bridgehead atoms. The Hall–Kier alpha value is -1.59. The topological polar surface area (TPSA) is 64.0 Å². The Bertz CT molecular complexity index is 506. The van der Waals surface area contributed by atoms with Gasteiger partial charge in [0.1, 0.15) is 0 Å². The molecule has 0 aromatic heterocycles. The van der Waals surface area contributed by atoms with Crippen LogP contribution >= 0.6 is 0 Å². The molecule has 0 unspecified atom stereocenters. The fourth-order valence-corrected chi connectivity index (χ4v) is 2.72. The Balaban J connectivity index is 1.54. The Kier molecular flexibility index (Phi) is 3.63. The van der Waals surface area contributed by atoms with E-state index < -0.39 is 0 Å². The summed E-state index contributed by atoms with van der Waals surface area (Å²) in [6, 6.07) is 5.03. The van der Waals surface area contributed by atoms with E-state index in [9.17, 15) is 15.0 Å². The Morgan fingerprint density at radius 3 is 2.40 bits per heavy atom. The number of Topliss-reactive ketones (excluding diaryl/α,β-unsaturated/α-hetero) is 1. The van der Waals surface area contributed by atoms with Crippen molar-refractivity contribution in [1.29, 1.82) is 0 Å². The monoisotopic (exact) mass is 276 g/mol. The van der Waals surface area contributed by atoms with Gasteiger partial charge in [0.05, 0.1) is 6.54 Å². The van der Waals surface area contributed by atoms with Crippen LogP contribution in [0.1, 0.15) is 23.2 Å². The average Bonchev–Trinajstić information content (AvgIpc) is 3.27. The number of hydrogen-bond donors (Lipinski definition) is 2. The van der Waals surface area contributed by atoms with E-state index in [1.807, 2.05) is 0 Å². The lowest BCUT2D eigenvalue weighted by Crippen LogP contribution is -2.48. The molecule has 1 saturated carbocycles. The second-order valence-corrected chi connectivity index (χ2v) is 5.67. The van der Waals surface area contributed by atoms with Crippen molar-refractivity contribution in [2.45, 2.75) is 18.9 Å². The number of rotatable bonds is 4. The second kappa shape index (κ2) is 5.42. The molecule has 0 radical (unpaired) electrons. The van der Waals surface area contributed by atoms with Gasteiger partial charge in [0.15, 0.2) is 17.3 Å². The molecule has 1 saturated heterocycles. The van der Waals surface area contributed by atoms with Gasteiger partial charge in [0, 0.05) is 37.8 Å². The summed E-state index contributed by atoms with van der Waals surface area (Å²) in [5, 5.41) is 18.7. The molecule has 2 aliphatic rings. The van der Waals surface area contributed by atoms with Crippen molar-refractivity contribution in [2.75, 3.05) is 32.7 Å². The van der Waals surface area contributed by atoms with Gasteiger partial charge in [-0.25, -0.2) is 0 Å². The molecule has 2 fully saturated rings. The highest BCUT2D eigenvalue weighted by atomic mass is 16.3. The molecule has 1 aliphatic heterocycles. The molecule has 108 valence electrons. The van der Waals surface area contributed by atoms with E-state index in [4.69, 9.17) is 0 Å². The maximum atomic E-state index is 12.2. The number of aromatic hydroxyl groups is 2. The van der Waals surface area contributed by atoms with Crippen LogP contribution in [0.2, 0.25) is 0 Å². The van der Waals surface area contributed by atoms with Crippen LogP contribution in [0, 0.1) is 0 Å². The van der Waals surface area contributed by atoms with Gasteiger partial charge in [0.2, 0.25) is 0 Å². The smallest absolute Gasteiger partial charge is 0.176 e. The summed E-state index contributed by atoms with van der Waals surface area (Å²) in [6.07, 6.45) is 2.65. The number of piperazine rings is 1. The minimum absolute atomic E-state index is 0.0137. The average molecular weight is 276 g/mol. The highest BCUT2D eigenvalue weighted by Gasteiger charge is 2.31. The highest BCUT2D eigenvalue weighted by molar-refractivity contribution is 5.98. The number of hydrogen-bond acceptors (Lipinski definition) is 5. The first kappa shape index (κ1) is 13.4. The van der Waals surface area contributed by atoms with E-state index >= 15 is 0 Å². The normalized spacial score (nSPS) is 21.0. The van der Waals surface area contributed by atoms with Gasteiger partial charge in [-0.15, -0.1) is 0 Å². The summed E-state index contributed by atoms with van der Waals surface area (Å²) in [6.45, 7) is 4.30. The minimum Gasteiger partial charge on any atom is -0.504 e. The molecule has 1 aromatic carbocycles. The van der Waals surface area contributed by atoms with E-state index in [-0.39, 0.29) is 17.3 Å². The van der Waals surface area contributed by atoms with Crippen molar-refractivity contribution in [3.05, 3.63) is 23.8 Å². The van der Waals surface area contributed by atoms with Crippen molar-refractivity contribution in [3.63, 3.8) is 0 Å². The van der Waals surface area contributed by atoms with Crippen molar-refractivity contribution >= 4 is 5.78 Å². The summed E-state index contributed by atoms with van der Waals surface area (Å²) < 4.78 is 0. The first-order valence-electron chi connectivity index (χ1n) is 7.15. The number of phenolic OH excluding ortho intramolecular Hbond substituents is 2. The van der Waals surface area contributed by atoms with Crippen molar-refractivity contribution in [1.82, 2.24) is 9.80 Å². The van der Waals surface area contributed by atoms with E-state index in [1.165, 1.54) is 25.0 Å². The fraction of sp³-hybridized carbons (Fsp3) is 0.533. The SMILES string of the molecule is O=C(CN1CCN(C2CC2)CC1)c1ccc(O)c(O)c1. The highest BCUT2D eigenvalue weighted by Crippen LogP contribution is 2.28. The predicted molar refractivity (Wildman–Crippen MR) is 75.1 cm³/mol. The number of nitrogens with zero attached hydrogens (tertiary/aromatic N) is 2.